The minimum absolute atomic E-state index is 0.153. The minimum atomic E-state index is -0.452. The van der Waals surface area contributed by atoms with E-state index >= 15 is 0 Å². The monoisotopic (exact) mass is 266 g/mol. The van der Waals surface area contributed by atoms with Crippen molar-refractivity contribution in [3.8, 4) is 0 Å². The molecule has 2 aromatic carbocycles. The van der Waals surface area contributed by atoms with Crippen LogP contribution in [-0.2, 0) is 4.74 Å². The van der Waals surface area contributed by atoms with Crippen LogP contribution in [0.2, 0.25) is 0 Å². The number of hydrogen-bond acceptors (Lipinski definition) is 3. The van der Waals surface area contributed by atoms with Gasteiger partial charge in [0.25, 0.3) is 0 Å². The molecule has 0 aliphatic carbocycles. The van der Waals surface area contributed by atoms with Crippen molar-refractivity contribution in [3.05, 3.63) is 77.4 Å². The molecule has 0 unspecified atom stereocenters. The summed E-state index contributed by atoms with van der Waals surface area (Å²) in [4.78, 5) is 23.5. The van der Waals surface area contributed by atoms with Crippen molar-refractivity contribution in [1.82, 2.24) is 0 Å². The molecule has 0 aromatic heterocycles. The summed E-state index contributed by atoms with van der Waals surface area (Å²) in [7, 11) is 1.31. The van der Waals surface area contributed by atoms with Gasteiger partial charge in [0.1, 0.15) is 0 Å². The van der Waals surface area contributed by atoms with E-state index in [4.69, 9.17) is 0 Å². The molecule has 2 rings (SSSR count). The van der Waals surface area contributed by atoms with Crippen LogP contribution in [0.3, 0.4) is 0 Å². The molecule has 0 heterocycles. The normalized spacial score (nSPS) is 10.4. The van der Waals surface area contributed by atoms with Gasteiger partial charge in [-0.25, -0.2) is 4.79 Å². The van der Waals surface area contributed by atoms with Gasteiger partial charge in [-0.15, -0.1) is 0 Å². The van der Waals surface area contributed by atoms with E-state index in [1.807, 2.05) is 30.3 Å². The predicted octanol–water partition coefficient (Wildman–Crippen LogP) is 3.37. The van der Waals surface area contributed by atoms with Crippen molar-refractivity contribution in [3.63, 3.8) is 0 Å². The summed E-state index contributed by atoms with van der Waals surface area (Å²) in [5.41, 5.74) is 1.77. The molecule has 100 valence electrons. The molecular weight excluding hydrogens is 252 g/mol. The molecule has 0 N–H and O–H groups in total. The maximum absolute atomic E-state index is 12.0. The molecule has 0 saturated carbocycles. The number of hydrogen-bond donors (Lipinski definition) is 0. The molecule has 0 aliphatic rings. The van der Waals surface area contributed by atoms with Gasteiger partial charge in [0.15, 0.2) is 5.78 Å². The molecule has 3 nitrogen and oxygen atoms in total. The smallest absolute Gasteiger partial charge is 0.337 e. The Labute approximate surface area is 117 Å². The van der Waals surface area contributed by atoms with E-state index in [1.165, 1.54) is 19.3 Å². The number of methoxy groups -OCH3 is 1. The van der Waals surface area contributed by atoms with Crippen LogP contribution >= 0.6 is 0 Å². The van der Waals surface area contributed by atoms with E-state index in [2.05, 4.69) is 4.74 Å². The molecule has 0 amide bonds. The van der Waals surface area contributed by atoms with Crippen molar-refractivity contribution in [2.45, 2.75) is 0 Å². The van der Waals surface area contributed by atoms with E-state index in [1.54, 1.807) is 24.3 Å². The molecule has 0 radical (unpaired) electrons. The molecule has 0 bridgehead atoms. The number of benzene rings is 2. The number of ketones is 1. The molecule has 0 atom stereocenters. The van der Waals surface area contributed by atoms with Crippen LogP contribution in [0.4, 0.5) is 0 Å². The molecule has 0 spiro atoms. The predicted molar refractivity (Wildman–Crippen MR) is 77.6 cm³/mol. The van der Waals surface area contributed by atoms with Gasteiger partial charge in [0, 0.05) is 5.56 Å². The first-order valence-electron chi connectivity index (χ1n) is 6.16. The summed E-state index contributed by atoms with van der Waals surface area (Å²) in [6.45, 7) is 0. The van der Waals surface area contributed by atoms with Gasteiger partial charge in [-0.3, -0.25) is 4.79 Å². The maximum Gasteiger partial charge on any atom is 0.337 e. The highest BCUT2D eigenvalue weighted by Gasteiger charge is 2.08. The van der Waals surface area contributed by atoms with Crippen molar-refractivity contribution in [2.75, 3.05) is 7.11 Å². The standard InChI is InChI=1S/C17H14O3/c1-20-17(19)15-9-5-8-14(12-15)16(18)11-10-13-6-3-2-4-7-13/h2-12H,1H3/b11-10+. The topological polar surface area (TPSA) is 43.4 Å². The molecular formula is C17H14O3. The Hall–Kier alpha value is -2.68. The fourth-order valence-electron chi connectivity index (χ4n) is 1.75. The first-order valence-corrected chi connectivity index (χ1v) is 6.16. The lowest BCUT2D eigenvalue weighted by molar-refractivity contribution is 0.0600. The molecule has 3 heteroatoms. The average Bonchev–Trinajstić information content (AvgIpc) is 2.53. The first kappa shape index (κ1) is 13.7. The second-order valence-corrected chi connectivity index (χ2v) is 4.18. The van der Waals surface area contributed by atoms with Gasteiger partial charge in [-0.2, -0.15) is 0 Å². The van der Waals surface area contributed by atoms with Crippen LogP contribution < -0.4 is 0 Å². The van der Waals surface area contributed by atoms with Gasteiger partial charge >= 0.3 is 5.97 Å². The summed E-state index contributed by atoms with van der Waals surface area (Å²) in [5, 5.41) is 0. The number of carbonyl (C=O) groups excluding carboxylic acids is 2. The quantitative estimate of drug-likeness (QED) is 0.484. The number of esters is 1. The van der Waals surface area contributed by atoms with E-state index in [9.17, 15) is 9.59 Å². The fraction of sp³-hybridized carbons (Fsp3) is 0.0588. The van der Waals surface area contributed by atoms with Crippen molar-refractivity contribution >= 4 is 17.8 Å². The summed E-state index contributed by atoms with van der Waals surface area (Å²) in [6.07, 6.45) is 3.23. The molecule has 2 aromatic rings. The highest BCUT2D eigenvalue weighted by atomic mass is 16.5. The largest absolute Gasteiger partial charge is 0.465 e. The second kappa shape index (κ2) is 6.48. The fourth-order valence-corrected chi connectivity index (χ4v) is 1.75. The van der Waals surface area contributed by atoms with E-state index in [-0.39, 0.29) is 5.78 Å². The van der Waals surface area contributed by atoms with Gasteiger partial charge in [-0.1, -0.05) is 48.5 Å². The summed E-state index contributed by atoms with van der Waals surface area (Å²) >= 11 is 0. The van der Waals surface area contributed by atoms with Crippen molar-refractivity contribution < 1.29 is 14.3 Å². The van der Waals surface area contributed by atoms with Crippen LogP contribution in [-0.4, -0.2) is 18.9 Å². The Morgan fingerprint density at radius 1 is 0.950 bits per heavy atom. The van der Waals surface area contributed by atoms with Crippen molar-refractivity contribution in [1.29, 1.82) is 0 Å². The first-order chi connectivity index (χ1) is 9.70. The second-order valence-electron chi connectivity index (χ2n) is 4.18. The zero-order valence-corrected chi connectivity index (χ0v) is 11.1. The third kappa shape index (κ3) is 3.42. The highest BCUT2D eigenvalue weighted by Crippen LogP contribution is 2.09. The maximum atomic E-state index is 12.0. The molecule has 0 fully saturated rings. The summed E-state index contributed by atoms with van der Waals surface area (Å²) in [6, 6.07) is 16.0. The average molecular weight is 266 g/mol. The van der Waals surface area contributed by atoms with Crippen molar-refractivity contribution in [2.24, 2.45) is 0 Å². The molecule has 20 heavy (non-hydrogen) atoms. The SMILES string of the molecule is COC(=O)c1cccc(C(=O)/C=C/c2ccccc2)c1. The Morgan fingerprint density at radius 2 is 1.65 bits per heavy atom. The zero-order valence-electron chi connectivity index (χ0n) is 11.1. The van der Waals surface area contributed by atoms with Gasteiger partial charge in [0.2, 0.25) is 0 Å². The zero-order chi connectivity index (χ0) is 14.4. The third-order valence-corrected chi connectivity index (χ3v) is 2.79. The Morgan fingerprint density at radius 3 is 2.35 bits per heavy atom. The third-order valence-electron chi connectivity index (χ3n) is 2.79. The lowest BCUT2D eigenvalue weighted by atomic mass is 10.1. The van der Waals surface area contributed by atoms with Crippen LogP contribution in [0.5, 0.6) is 0 Å². The molecule has 0 aliphatic heterocycles. The minimum Gasteiger partial charge on any atom is -0.465 e. The van der Waals surface area contributed by atoms with E-state index in [0.29, 0.717) is 11.1 Å². The summed E-state index contributed by atoms with van der Waals surface area (Å²) in [5.74, 6) is -0.605. The lowest BCUT2D eigenvalue weighted by Crippen LogP contribution is -2.03. The number of allylic oxidation sites excluding steroid dienone is 1. The van der Waals surface area contributed by atoms with Gasteiger partial charge in [0.05, 0.1) is 12.7 Å². The van der Waals surface area contributed by atoms with Crippen LogP contribution in [0.1, 0.15) is 26.3 Å². The summed E-state index contributed by atoms with van der Waals surface area (Å²) < 4.78 is 4.63. The Kier molecular flexibility index (Phi) is 4.45. The number of rotatable bonds is 4. The Balaban J connectivity index is 2.17. The molecule has 0 saturated heterocycles. The van der Waals surface area contributed by atoms with E-state index in [0.717, 1.165) is 5.56 Å². The van der Waals surface area contributed by atoms with Crippen LogP contribution in [0.25, 0.3) is 6.08 Å². The highest BCUT2D eigenvalue weighted by molar-refractivity contribution is 6.07. The van der Waals surface area contributed by atoms with Crippen LogP contribution in [0, 0.1) is 0 Å². The number of carbonyl (C=O) groups is 2. The van der Waals surface area contributed by atoms with E-state index < -0.39 is 5.97 Å². The Bertz CT molecular complexity index is 642. The van der Waals surface area contributed by atoms with Crippen LogP contribution in [0.15, 0.2) is 60.7 Å². The van der Waals surface area contributed by atoms with Gasteiger partial charge in [-0.05, 0) is 23.8 Å². The number of ether oxygens (including phenoxy) is 1. The lowest BCUT2D eigenvalue weighted by Gasteiger charge is -2.01. The van der Waals surface area contributed by atoms with Gasteiger partial charge < -0.3 is 4.74 Å².